The van der Waals surface area contributed by atoms with Crippen molar-refractivity contribution in [3.63, 3.8) is 0 Å². The maximum Gasteiger partial charge on any atom is 0.123 e. The average Bonchev–Trinajstić information content (AvgIpc) is 2.33. The van der Waals surface area contributed by atoms with Crippen LogP contribution in [0.5, 0.6) is 5.75 Å². The van der Waals surface area contributed by atoms with Gasteiger partial charge in [0.25, 0.3) is 0 Å². The van der Waals surface area contributed by atoms with Crippen molar-refractivity contribution in [2.75, 3.05) is 19.7 Å². The molecule has 0 amide bonds. The summed E-state index contributed by atoms with van der Waals surface area (Å²) in [5, 5.41) is 0.759. The monoisotopic (exact) mass is 268 g/mol. The van der Waals surface area contributed by atoms with E-state index in [1.54, 1.807) is 0 Å². The van der Waals surface area contributed by atoms with Crippen molar-refractivity contribution in [3.8, 4) is 5.75 Å². The summed E-state index contributed by atoms with van der Waals surface area (Å²) in [4.78, 5) is 2.38. The molecule has 1 fully saturated rings. The standard InChI is InChI=1S/C14H21ClN2O/c1-2-18-14-6-5-12(15)8-11(14)9-17-7-3-4-13(16)10-17/h5-6,8,13H,2-4,7,9-10,16H2,1H3. The van der Waals surface area contributed by atoms with Gasteiger partial charge in [-0.25, -0.2) is 0 Å². The van der Waals surface area contributed by atoms with Crippen LogP contribution < -0.4 is 10.5 Å². The van der Waals surface area contributed by atoms with Gasteiger partial charge in [-0.15, -0.1) is 0 Å². The topological polar surface area (TPSA) is 38.5 Å². The van der Waals surface area contributed by atoms with Crippen LogP contribution in [0.1, 0.15) is 25.3 Å². The summed E-state index contributed by atoms with van der Waals surface area (Å²) in [7, 11) is 0. The molecule has 1 aliphatic rings. The molecule has 1 aliphatic heterocycles. The molecule has 4 heteroatoms. The fourth-order valence-electron chi connectivity index (χ4n) is 2.44. The summed E-state index contributed by atoms with van der Waals surface area (Å²) in [6, 6.07) is 6.11. The van der Waals surface area contributed by atoms with Crippen molar-refractivity contribution in [1.29, 1.82) is 0 Å². The third-order valence-electron chi connectivity index (χ3n) is 3.26. The Labute approximate surface area is 114 Å². The van der Waals surface area contributed by atoms with Crippen LogP contribution in [0.25, 0.3) is 0 Å². The molecule has 0 bridgehead atoms. The Morgan fingerprint density at radius 1 is 1.50 bits per heavy atom. The maximum absolute atomic E-state index is 6.06. The van der Waals surface area contributed by atoms with E-state index < -0.39 is 0 Å². The van der Waals surface area contributed by atoms with E-state index in [0.29, 0.717) is 12.6 Å². The highest BCUT2D eigenvalue weighted by Crippen LogP contribution is 2.25. The number of piperidine rings is 1. The first-order chi connectivity index (χ1) is 8.69. The number of nitrogens with zero attached hydrogens (tertiary/aromatic N) is 1. The quantitative estimate of drug-likeness (QED) is 0.912. The predicted molar refractivity (Wildman–Crippen MR) is 75.1 cm³/mol. The number of nitrogens with two attached hydrogens (primary N) is 1. The van der Waals surface area contributed by atoms with Gasteiger partial charge in [-0.1, -0.05) is 11.6 Å². The first-order valence-corrected chi connectivity index (χ1v) is 6.96. The molecule has 1 saturated heterocycles. The van der Waals surface area contributed by atoms with Crippen LogP contribution >= 0.6 is 11.6 Å². The Kier molecular flexibility index (Phi) is 4.87. The van der Waals surface area contributed by atoms with E-state index in [9.17, 15) is 0 Å². The molecule has 3 nitrogen and oxygen atoms in total. The first-order valence-electron chi connectivity index (χ1n) is 6.58. The highest BCUT2D eigenvalue weighted by atomic mass is 35.5. The van der Waals surface area contributed by atoms with Crippen molar-refractivity contribution >= 4 is 11.6 Å². The summed E-state index contributed by atoms with van der Waals surface area (Å²) >= 11 is 6.06. The average molecular weight is 269 g/mol. The molecule has 18 heavy (non-hydrogen) atoms. The van der Waals surface area contributed by atoms with Gasteiger partial charge in [-0.05, 0) is 44.5 Å². The molecule has 0 spiro atoms. The molecule has 2 rings (SSSR count). The molecule has 1 aromatic carbocycles. The van der Waals surface area contributed by atoms with Gasteiger partial charge in [0.05, 0.1) is 6.61 Å². The zero-order valence-corrected chi connectivity index (χ0v) is 11.6. The number of hydrogen-bond acceptors (Lipinski definition) is 3. The lowest BCUT2D eigenvalue weighted by molar-refractivity contribution is 0.198. The number of halogens is 1. The smallest absolute Gasteiger partial charge is 0.123 e. The lowest BCUT2D eigenvalue weighted by Gasteiger charge is -2.31. The van der Waals surface area contributed by atoms with Crippen molar-refractivity contribution in [3.05, 3.63) is 28.8 Å². The van der Waals surface area contributed by atoms with Crippen LogP contribution in [0.15, 0.2) is 18.2 Å². The minimum atomic E-state index is 0.300. The second kappa shape index (κ2) is 6.41. The summed E-state index contributed by atoms with van der Waals surface area (Å²) in [5.74, 6) is 0.932. The lowest BCUT2D eigenvalue weighted by Crippen LogP contribution is -2.42. The minimum absolute atomic E-state index is 0.300. The molecular weight excluding hydrogens is 248 g/mol. The molecule has 100 valence electrons. The number of benzene rings is 1. The van der Waals surface area contributed by atoms with Gasteiger partial charge >= 0.3 is 0 Å². The third-order valence-corrected chi connectivity index (χ3v) is 3.49. The van der Waals surface area contributed by atoms with E-state index in [-0.39, 0.29) is 0 Å². The molecule has 2 N–H and O–H groups in total. The Morgan fingerprint density at radius 3 is 3.06 bits per heavy atom. The van der Waals surface area contributed by atoms with Gasteiger partial charge in [0.1, 0.15) is 5.75 Å². The van der Waals surface area contributed by atoms with E-state index in [2.05, 4.69) is 4.90 Å². The number of ether oxygens (including phenoxy) is 1. The van der Waals surface area contributed by atoms with Gasteiger partial charge in [0.2, 0.25) is 0 Å². The normalized spacial score (nSPS) is 20.9. The SMILES string of the molecule is CCOc1ccc(Cl)cc1CN1CCCC(N)C1. The van der Waals surface area contributed by atoms with E-state index in [1.807, 2.05) is 25.1 Å². The van der Waals surface area contributed by atoms with Crippen LogP contribution in [0, 0.1) is 0 Å². The Hall–Kier alpha value is -0.770. The maximum atomic E-state index is 6.06. The van der Waals surface area contributed by atoms with Crippen LogP contribution in [0.3, 0.4) is 0 Å². The largest absolute Gasteiger partial charge is 0.494 e. The van der Waals surface area contributed by atoms with Crippen molar-refractivity contribution in [2.45, 2.75) is 32.4 Å². The van der Waals surface area contributed by atoms with Crippen molar-refractivity contribution < 1.29 is 4.74 Å². The van der Waals surface area contributed by atoms with E-state index in [4.69, 9.17) is 22.1 Å². The lowest BCUT2D eigenvalue weighted by atomic mass is 10.1. The molecule has 1 atom stereocenters. The van der Waals surface area contributed by atoms with E-state index in [0.717, 1.165) is 42.4 Å². The van der Waals surface area contributed by atoms with Gasteiger partial charge in [-0.2, -0.15) is 0 Å². The third kappa shape index (κ3) is 3.61. The van der Waals surface area contributed by atoms with Crippen molar-refractivity contribution in [2.24, 2.45) is 5.73 Å². The Balaban J connectivity index is 2.08. The van der Waals surface area contributed by atoms with Crippen LogP contribution in [-0.4, -0.2) is 30.6 Å². The van der Waals surface area contributed by atoms with Crippen LogP contribution in [0.2, 0.25) is 5.02 Å². The fourth-order valence-corrected chi connectivity index (χ4v) is 2.64. The van der Waals surface area contributed by atoms with Gasteiger partial charge in [0.15, 0.2) is 0 Å². The molecule has 0 radical (unpaired) electrons. The van der Waals surface area contributed by atoms with Crippen LogP contribution in [-0.2, 0) is 6.54 Å². The number of likely N-dealkylation sites (tertiary alicyclic amines) is 1. The fraction of sp³-hybridized carbons (Fsp3) is 0.571. The van der Waals surface area contributed by atoms with Crippen molar-refractivity contribution in [1.82, 2.24) is 4.90 Å². The highest BCUT2D eigenvalue weighted by molar-refractivity contribution is 6.30. The molecule has 1 unspecified atom stereocenters. The Bertz CT molecular complexity index is 397. The zero-order chi connectivity index (χ0) is 13.0. The highest BCUT2D eigenvalue weighted by Gasteiger charge is 2.18. The molecular formula is C14H21ClN2O. The molecule has 0 aromatic heterocycles. The molecule has 0 saturated carbocycles. The van der Waals surface area contributed by atoms with Crippen LogP contribution in [0.4, 0.5) is 0 Å². The second-order valence-corrected chi connectivity index (χ2v) is 5.26. The number of hydrogen-bond donors (Lipinski definition) is 1. The summed E-state index contributed by atoms with van der Waals surface area (Å²) in [6.45, 7) is 5.59. The summed E-state index contributed by atoms with van der Waals surface area (Å²) in [6.07, 6.45) is 2.30. The Morgan fingerprint density at radius 2 is 2.33 bits per heavy atom. The number of rotatable bonds is 4. The first kappa shape index (κ1) is 13.7. The molecule has 1 heterocycles. The second-order valence-electron chi connectivity index (χ2n) is 4.82. The molecule has 0 aliphatic carbocycles. The van der Waals surface area contributed by atoms with E-state index in [1.165, 1.54) is 6.42 Å². The predicted octanol–water partition coefficient (Wildman–Crippen LogP) is 2.66. The summed E-state index contributed by atoms with van der Waals surface area (Å²) in [5.41, 5.74) is 7.16. The van der Waals surface area contributed by atoms with E-state index >= 15 is 0 Å². The van der Waals surface area contributed by atoms with Gasteiger partial charge < -0.3 is 10.5 Å². The molecule has 1 aromatic rings. The van der Waals surface area contributed by atoms with Gasteiger partial charge in [-0.3, -0.25) is 4.90 Å². The summed E-state index contributed by atoms with van der Waals surface area (Å²) < 4.78 is 5.64. The zero-order valence-electron chi connectivity index (χ0n) is 10.9. The minimum Gasteiger partial charge on any atom is -0.494 e. The van der Waals surface area contributed by atoms with Gasteiger partial charge in [0, 0.05) is 29.7 Å².